The minimum atomic E-state index is -0.126. The predicted molar refractivity (Wildman–Crippen MR) is 94.9 cm³/mol. The Balaban J connectivity index is 0.00000264. The molecule has 6 heteroatoms. The van der Waals surface area contributed by atoms with E-state index in [1.54, 1.807) is 7.11 Å². The lowest BCUT2D eigenvalue weighted by atomic mass is 9.90. The summed E-state index contributed by atoms with van der Waals surface area (Å²) in [4.78, 5) is 14.6. The zero-order valence-electron chi connectivity index (χ0n) is 14.2. The van der Waals surface area contributed by atoms with Crippen molar-refractivity contribution in [1.29, 1.82) is 0 Å². The fourth-order valence-electron chi connectivity index (χ4n) is 2.84. The molecular formula is C17H28ClN3O2. The Kier molecular flexibility index (Phi) is 7.32. The van der Waals surface area contributed by atoms with E-state index in [0.717, 1.165) is 30.8 Å². The molecule has 0 spiro atoms. The van der Waals surface area contributed by atoms with Crippen LogP contribution in [0.4, 0.5) is 0 Å². The van der Waals surface area contributed by atoms with Gasteiger partial charge in [0, 0.05) is 13.1 Å². The van der Waals surface area contributed by atoms with Crippen molar-refractivity contribution in [2.45, 2.75) is 32.9 Å². The molecule has 0 bridgehead atoms. The summed E-state index contributed by atoms with van der Waals surface area (Å²) in [7, 11) is 1.64. The van der Waals surface area contributed by atoms with E-state index in [1.807, 2.05) is 31.2 Å². The van der Waals surface area contributed by atoms with E-state index in [2.05, 4.69) is 17.1 Å². The van der Waals surface area contributed by atoms with Gasteiger partial charge < -0.3 is 15.8 Å². The smallest absolute Gasteiger partial charge is 0.237 e. The highest BCUT2D eigenvalue weighted by Crippen LogP contribution is 2.29. The number of likely N-dealkylation sites (tertiary alicyclic amines) is 1. The molecule has 1 fully saturated rings. The Morgan fingerprint density at radius 1 is 1.52 bits per heavy atom. The lowest BCUT2D eigenvalue weighted by Crippen LogP contribution is -2.45. The number of benzene rings is 1. The lowest BCUT2D eigenvalue weighted by Gasteiger charge is -2.26. The van der Waals surface area contributed by atoms with Crippen LogP contribution in [0.5, 0.6) is 5.75 Å². The van der Waals surface area contributed by atoms with E-state index in [0.29, 0.717) is 13.1 Å². The monoisotopic (exact) mass is 341 g/mol. The number of halogens is 1. The highest BCUT2D eigenvalue weighted by molar-refractivity contribution is 5.85. The van der Waals surface area contributed by atoms with Gasteiger partial charge in [0.05, 0.1) is 13.2 Å². The highest BCUT2D eigenvalue weighted by Gasteiger charge is 2.36. The maximum atomic E-state index is 12.3. The number of rotatable bonds is 6. The SMILES string of the molecule is COc1cccc(CNC(=O)C(C)N2CCC(C)(CN)C2)c1.Cl. The molecule has 5 nitrogen and oxygen atoms in total. The van der Waals surface area contributed by atoms with E-state index >= 15 is 0 Å². The van der Waals surface area contributed by atoms with Crippen LogP contribution in [0, 0.1) is 5.41 Å². The quantitative estimate of drug-likeness (QED) is 0.827. The summed E-state index contributed by atoms with van der Waals surface area (Å²) in [5, 5.41) is 3.00. The van der Waals surface area contributed by atoms with Crippen molar-refractivity contribution < 1.29 is 9.53 Å². The second-order valence-corrected chi connectivity index (χ2v) is 6.48. The third kappa shape index (κ3) is 5.09. The number of hydrogen-bond donors (Lipinski definition) is 2. The number of carbonyl (C=O) groups is 1. The Labute approximate surface area is 145 Å². The van der Waals surface area contributed by atoms with Gasteiger partial charge in [0.15, 0.2) is 0 Å². The fraction of sp³-hybridized carbons (Fsp3) is 0.588. The number of nitrogens with two attached hydrogens (primary N) is 1. The lowest BCUT2D eigenvalue weighted by molar-refractivity contribution is -0.125. The molecule has 0 aromatic heterocycles. The average molecular weight is 342 g/mol. The van der Waals surface area contributed by atoms with Gasteiger partial charge in [-0.2, -0.15) is 0 Å². The molecule has 3 N–H and O–H groups in total. The van der Waals surface area contributed by atoms with Gasteiger partial charge in [0.2, 0.25) is 5.91 Å². The Morgan fingerprint density at radius 3 is 2.87 bits per heavy atom. The maximum absolute atomic E-state index is 12.3. The van der Waals surface area contributed by atoms with Crippen LogP contribution in [0.2, 0.25) is 0 Å². The molecule has 1 aliphatic heterocycles. The van der Waals surface area contributed by atoms with E-state index in [1.165, 1.54) is 0 Å². The first-order chi connectivity index (χ1) is 10.5. The minimum absolute atomic E-state index is 0. The van der Waals surface area contributed by atoms with Gasteiger partial charge in [0.1, 0.15) is 5.75 Å². The van der Waals surface area contributed by atoms with Gasteiger partial charge in [0.25, 0.3) is 0 Å². The van der Waals surface area contributed by atoms with E-state index in [4.69, 9.17) is 10.5 Å². The van der Waals surface area contributed by atoms with Crippen LogP contribution in [0.3, 0.4) is 0 Å². The van der Waals surface area contributed by atoms with Gasteiger partial charge in [-0.25, -0.2) is 0 Å². The van der Waals surface area contributed by atoms with Crippen LogP contribution in [-0.2, 0) is 11.3 Å². The fourth-order valence-corrected chi connectivity index (χ4v) is 2.84. The van der Waals surface area contributed by atoms with Crippen LogP contribution in [0.25, 0.3) is 0 Å². The van der Waals surface area contributed by atoms with Crippen molar-refractivity contribution in [1.82, 2.24) is 10.2 Å². The summed E-state index contributed by atoms with van der Waals surface area (Å²) in [5.74, 6) is 0.863. The highest BCUT2D eigenvalue weighted by atomic mass is 35.5. The Bertz CT molecular complexity index is 526. The number of hydrogen-bond acceptors (Lipinski definition) is 4. The molecule has 130 valence electrons. The topological polar surface area (TPSA) is 67.6 Å². The van der Waals surface area contributed by atoms with Crippen LogP contribution >= 0.6 is 12.4 Å². The normalized spacial score (nSPS) is 22.3. The third-order valence-corrected chi connectivity index (χ3v) is 4.61. The molecule has 1 aromatic carbocycles. The molecule has 0 aliphatic carbocycles. The molecule has 1 saturated heterocycles. The van der Waals surface area contributed by atoms with Crippen LogP contribution in [0.1, 0.15) is 25.8 Å². The third-order valence-electron chi connectivity index (χ3n) is 4.61. The summed E-state index contributed by atoms with van der Waals surface area (Å²) in [6.07, 6.45) is 1.05. The van der Waals surface area contributed by atoms with Gasteiger partial charge >= 0.3 is 0 Å². The van der Waals surface area contributed by atoms with E-state index < -0.39 is 0 Å². The van der Waals surface area contributed by atoms with E-state index in [-0.39, 0.29) is 29.8 Å². The molecule has 0 radical (unpaired) electrons. The maximum Gasteiger partial charge on any atom is 0.237 e. The number of methoxy groups -OCH3 is 1. The van der Waals surface area contributed by atoms with Crippen LogP contribution in [0.15, 0.2) is 24.3 Å². The zero-order chi connectivity index (χ0) is 16.2. The predicted octanol–water partition coefficient (Wildman–Crippen LogP) is 1.79. The second-order valence-electron chi connectivity index (χ2n) is 6.48. The van der Waals surface area contributed by atoms with Crippen molar-refractivity contribution >= 4 is 18.3 Å². The largest absolute Gasteiger partial charge is 0.497 e. The first-order valence-electron chi connectivity index (χ1n) is 7.82. The number of nitrogens with zero attached hydrogens (tertiary/aromatic N) is 1. The minimum Gasteiger partial charge on any atom is -0.497 e. The molecule has 2 rings (SSSR count). The second kappa shape index (κ2) is 8.52. The van der Waals surface area contributed by atoms with Crippen molar-refractivity contribution in [3.63, 3.8) is 0 Å². The summed E-state index contributed by atoms with van der Waals surface area (Å²) >= 11 is 0. The Hall–Kier alpha value is -1.30. The molecule has 23 heavy (non-hydrogen) atoms. The molecule has 1 amide bonds. The molecule has 0 saturated carbocycles. The number of carbonyl (C=O) groups excluding carboxylic acids is 1. The first-order valence-corrected chi connectivity index (χ1v) is 7.82. The van der Waals surface area contributed by atoms with Crippen molar-refractivity contribution in [2.24, 2.45) is 11.1 Å². The summed E-state index contributed by atoms with van der Waals surface area (Å²) in [6, 6.07) is 7.61. The first kappa shape index (κ1) is 19.7. The average Bonchev–Trinajstić information content (AvgIpc) is 2.95. The van der Waals surface area contributed by atoms with Gasteiger partial charge in [-0.15, -0.1) is 12.4 Å². The molecule has 1 aliphatic rings. The molecule has 1 aromatic rings. The number of nitrogens with one attached hydrogen (secondary N) is 1. The van der Waals surface area contributed by atoms with Crippen molar-refractivity contribution in [2.75, 3.05) is 26.7 Å². The van der Waals surface area contributed by atoms with Crippen LogP contribution < -0.4 is 15.8 Å². The summed E-state index contributed by atoms with van der Waals surface area (Å²) < 4.78 is 5.19. The zero-order valence-corrected chi connectivity index (χ0v) is 15.0. The molecular weight excluding hydrogens is 314 g/mol. The van der Waals surface area contributed by atoms with Crippen LogP contribution in [-0.4, -0.2) is 43.6 Å². The van der Waals surface area contributed by atoms with Gasteiger partial charge in [-0.3, -0.25) is 9.69 Å². The summed E-state index contributed by atoms with van der Waals surface area (Å²) in [6.45, 7) is 7.15. The van der Waals surface area contributed by atoms with E-state index in [9.17, 15) is 4.79 Å². The van der Waals surface area contributed by atoms with Crippen molar-refractivity contribution in [3.8, 4) is 5.75 Å². The molecule has 2 atom stereocenters. The Morgan fingerprint density at radius 2 is 2.26 bits per heavy atom. The summed E-state index contributed by atoms with van der Waals surface area (Å²) in [5.41, 5.74) is 7.00. The standard InChI is InChI=1S/C17H27N3O2.ClH/c1-13(20-8-7-17(2,11-18)12-20)16(21)19-10-14-5-4-6-15(9-14)22-3;/h4-6,9,13H,7-8,10-12,18H2,1-3H3,(H,19,21);1H. The van der Waals surface area contributed by atoms with Gasteiger partial charge in [-0.05, 0) is 49.5 Å². The number of ether oxygens (including phenoxy) is 1. The van der Waals surface area contributed by atoms with Crippen molar-refractivity contribution in [3.05, 3.63) is 29.8 Å². The van der Waals surface area contributed by atoms with Gasteiger partial charge in [-0.1, -0.05) is 19.1 Å². The molecule has 1 heterocycles. The molecule has 2 unspecified atom stereocenters. The number of amides is 1.